The summed E-state index contributed by atoms with van der Waals surface area (Å²) in [7, 11) is 4.00. The zero-order valence-corrected chi connectivity index (χ0v) is 12.4. The van der Waals surface area contributed by atoms with Crippen LogP contribution in [0, 0.1) is 0 Å². The van der Waals surface area contributed by atoms with E-state index < -0.39 is 0 Å². The van der Waals surface area contributed by atoms with Gasteiger partial charge in [-0.3, -0.25) is 4.79 Å². The number of hydrogen-bond donors (Lipinski definition) is 1. The highest BCUT2D eigenvalue weighted by Crippen LogP contribution is 2.04. The van der Waals surface area contributed by atoms with Gasteiger partial charge in [0.25, 0.3) is 0 Å². The monoisotopic (exact) mass is 287 g/mol. The van der Waals surface area contributed by atoms with Crippen LogP contribution in [-0.2, 0) is 17.8 Å². The molecule has 2 aromatic rings. The van der Waals surface area contributed by atoms with Crippen molar-refractivity contribution < 1.29 is 4.79 Å². The number of nitrogens with one attached hydrogen (secondary N) is 1. The van der Waals surface area contributed by atoms with Crippen molar-refractivity contribution in [3.05, 3.63) is 48.5 Å². The van der Waals surface area contributed by atoms with Gasteiger partial charge in [-0.25, -0.2) is 9.67 Å². The molecule has 1 aromatic carbocycles. The van der Waals surface area contributed by atoms with Gasteiger partial charge in [-0.05, 0) is 26.1 Å². The van der Waals surface area contributed by atoms with E-state index in [9.17, 15) is 4.79 Å². The van der Waals surface area contributed by atoms with E-state index in [0.29, 0.717) is 0 Å². The number of carbonyl (C=O) groups excluding carboxylic acids is 1. The number of amides is 1. The molecule has 0 bridgehead atoms. The highest BCUT2D eigenvalue weighted by molar-refractivity contribution is 5.76. The van der Waals surface area contributed by atoms with E-state index in [0.717, 1.165) is 13.0 Å². The number of likely N-dealkylation sites (N-methyl/N-ethyl adjacent to an activating group) is 1. The second kappa shape index (κ2) is 7.54. The molecule has 1 aromatic heterocycles. The summed E-state index contributed by atoms with van der Waals surface area (Å²) in [6.07, 6.45) is 3.77. The lowest BCUT2D eigenvalue weighted by Gasteiger charge is -2.22. The fraction of sp³-hybridized carbons (Fsp3) is 0.400. The minimum absolute atomic E-state index is 0.0525. The van der Waals surface area contributed by atoms with E-state index in [2.05, 4.69) is 32.4 Å². The first-order chi connectivity index (χ1) is 10.1. The van der Waals surface area contributed by atoms with E-state index in [1.165, 1.54) is 22.9 Å². The number of aromatic nitrogens is 3. The molecule has 112 valence electrons. The second-order valence-electron chi connectivity index (χ2n) is 5.31. The maximum Gasteiger partial charge on any atom is 0.242 e. The number of hydrogen-bond acceptors (Lipinski definition) is 4. The molecule has 0 saturated heterocycles. The molecule has 0 aliphatic heterocycles. The topological polar surface area (TPSA) is 63.1 Å². The van der Waals surface area contributed by atoms with Gasteiger partial charge in [-0.2, -0.15) is 5.10 Å². The van der Waals surface area contributed by atoms with Crippen LogP contribution in [0.4, 0.5) is 0 Å². The van der Waals surface area contributed by atoms with Crippen LogP contribution >= 0.6 is 0 Å². The van der Waals surface area contributed by atoms with E-state index in [1.807, 2.05) is 32.3 Å². The summed E-state index contributed by atoms with van der Waals surface area (Å²) in [5.74, 6) is -0.0525. The molecule has 6 heteroatoms. The number of nitrogens with zero attached hydrogens (tertiary/aromatic N) is 4. The van der Waals surface area contributed by atoms with Crippen LogP contribution in [0.25, 0.3) is 0 Å². The molecule has 0 aliphatic rings. The van der Waals surface area contributed by atoms with Crippen LogP contribution in [-0.4, -0.2) is 52.3 Å². The molecule has 21 heavy (non-hydrogen) atoms. The molecule has 1 amide bonds. The minimum Gasteiger partial charge on any atom is -0.350 e. The van der Waals surface area contributed by atoms with E-state index in [4.69, 9.17) is 0 Å². The number of benzene rings is 1. The molecular weight excluding hydrogens is 266 g/mol. The highest BCUT2D eigenvalue weighted by atomic mass is 16.2. The van der Waals surface area contributed by atoms with Crippen LogP contribution in [0.15, 0.2) is 43.0 Å². The average molecular weight is 287 g/mol. The summed E-state index contributed by atoms with van der Waals surface area (Å²) in [5, 5.41) is 7.01. The van der Waals surface area contributed by atoms with Gasteiger partial charge in [0.1, 0.15) is 19.2 Å². The van der Waals surface area contributed by atoms with Gasteiger partial charge < -0.3 is 10.2 Å². The van der Waals surface area contributed by atoms with Crippen molar-refractivity contribution in [2.24, 2.45) is 0 Å². The summed E-state index contributed by atoms with van der Waals surface area (Å²) in [4.78, 5) is 18.0. The van der Waals surface area contributed by atoms with Crippen molar-refractivity contribution in [2.45, 2.75) is 19.0 Å². The van der Waals surface area contributed by atoms with Crippen molar-refractivity contribution in [3.63, 3.8) is 0 Å². The molecule has 0 saturated carbocycles. The van der Waals surface area contributed by atoms with Gasteiger partial charge in [-0.1, -0.05) is 30.3 Å². The maximum atomic E-state index is 12.1. The molecule has 6 nitrogen and oxygen atoms in total. The molecule has 0 fully saturated rings. The third kappa shape index (κ3) is 5.35. The molecule has 0 aliphatic carbocycles. The lowest BCUT2D eigenvalue weighted by atomic mass is 10.1. The van der Waals surface area contributed by atoms with Crippen LogP contribution in [0.5, 0.6) is 0 Å². The Labute approximate surface area is 124 Å². The zero-order chi connectivity index (χ0) is 15.1. The van der Waals surface area contributed by atoms with Crippen molar-refractivity contribution in [3.8, 4) is 0 Å². The summed E-state index contributed by atoms with van der Waals surface area (Å²) in [5.41, 5.74) is 1.21. The van der Waals surface area contributed by atoms with Gasteiger partial charge >= 0.3 is 0 Å². The van der Waals surface area contributed by atoms with Gasteiger partial charge in [0.15, 0.2) is 0 Å². The lowest BCUT2D eigenvalue weighted by Crippen LogP contribution is -2.44. The Morgan fingerprint density at radius 3 is 2.71 bits per heavy atom. The Morgan fingerprint density at radius 2 is 2.10 bits per heavy atom. The van der Waals surface area contributed by atoms with Crippen LogP contribution in [0.2, 0.25) is 0 Å². The molecule has 1 heterocycles. The Bertz CT molecular complexity index is 538. The standard InChI is InChI=1S/C15H21N5O/c1-19(2)9-14(8-13-6-4-3-5-7-13)18-15(21)10-20-12-16-11-17-20/h3-7,11-12,14H,8-10H2,1-2H3,(H,18,21)/t14-/m1/s1. The van der Waals surface area contributed by atoms with Crippen molar-refractivity contribution in [1.29, 1.82) is 0 Å². The molecule has 1 N–H and O–H groups in total. The largest absolute Gasteiger partial charge is 0.350 e. The summed E-state index contributed by atoms with van der Waals surface area (Å²) < 4.78 is 1.52. The van der Waals surface area contributed by atoms with E-state index in [1.54, 1.807) is 0 Å². The lowest BCUT2D eigenvalue weighted by molar-refractivity contribution is -0.122. The third-order valence-corrected chi connectivity index (χ3v) is 3.05. The molecule has 0 spiro atoms. The van der Waals surface area contributed by atoms with Gasteiger partial charge in [0.05, 0.1) is 0 Å². The first-order valence-corrected chi connectivity index (χ1v) is 6.94. The maximum absolute atomic E-state index is 12.1. The quantitative estimate of drug-likeness (QED) is 0.808. The van der Waals surface area contributed by atoms with Crippen LogP contribution in [0.1, 0.15) is 5.56 Å². The summed E-state index contributed by atoms with van der Waals surface area (Å²) in [6, 6.07) is 10.2. The zero-order valence-electron chi connectivity index (χ0n) is 12.4. The second-order valence-corrected chi connectivity index (χ2v) is 5.31. The first-order valence-electron chi connectivity index (χ1n) is 6.94. The number of rotatable bonds is 7. The van der Waals surface area contributed by atoms with Crippen molar-refractivity contribution in [2.75, 3.05) is 20.6 Å². The molecule has 0 radical (unpaired) electrons. The molecule has 0 unspecified atom stereocenters. The van der Waals surface area contributed by atoms with Gasteiger partial charge in [-0.15, -0.1) is 0 Å². The predicted octanol–water partition coefficient (Wildman–Crippen LogP) is 0.567. The number of carbonyl (C=O) groups is 1. The third-order valence-electron chi connectivity index (χ3n) is 3.05. The molecular formula is C15H21N5O. The van der Waals surface area contributed by atoms with Crippen LogP contribution < -0.4 is 5.32 Å². The summed E-state index contributed by atoms with van der Waals surface area (Å²) in [6.45, 7) is 0.983. The van der Waals surface area contributed by atoms with Crippen molar-refractivity contribution >= 4 is 5.91 Å². The fourth-order valence-corrected chi connectivity index (χ4v) is 2.24. The summed E-state index contributed by atoms with van der Waals surface area (Å²) >= 11 is 0. The first kappa shape index (κ1) is 15.2. The highest BCUT2D eigenvalue weighted by Gasteiger charge is 2.14. The van der Waals surface area contributed by atoms with Gasteiger partial charge in [0.2, 0.25) is 5.91 Å². The average Bonchev–Trinajstić information content (AvgIpc) is 2.91. The van der Waals surface area contributed by atoms with Crippen LogP contribution in [0.3, 0.4) is 0 Å². The SMILES string of the molecule is CN(C)C[C@@H](Cc1ccccc1)NC(=O)Cn1cncn1. The predicted molar refractivity (Wildman–Crippen MR) is 80.7 cm³/mol. The van der Waals surface area contributed by atoms with E-state index >= 15 is 0 Å². The van der Waals surface area contributed by atoms with E-state index in [-0.39, 0.29) is 18.5 Å². The minimum atomic E-state index is -0.0525. The normalized spacial score (nSPS) is 12.3. The smallest absolute Gasteiger partial charge is 0.242 e. The van der Waals surface area contributed by atoms with Crippen molar-refractivity contribution in [1.82, 2.24) is 25.0 Å². The Hall–Kier alpha value is -2.21. The Morgan fingerprint density at radius 1 is 1.33 bits per heavy atom. The molecule has 2 rings (SSSR count). The fourth-order valence-electron chi connectivity index (χ4n) is 2.24. The Balaban J connectivity index is 1.94. The Kier molecular flexibility index (Phi) is 5.45. The van der Waals surface area contributed by atoms with Gasteiger partial charge in [0, 0.05) is 12.6 Å². The molecule has 1 atom stereocenters.